The zero-order valence-electron chi connectivity index (χ0n) is 13.9. The number of furan rings is 1. The average Bonchev–Trinajstić information content (AvgIpc) is 3.33. The maximum absolute atomic E-state index is 12.3. The molecule has 1 aromatic carbocycles. The van der Waals surface area contributed by atoms with E-state index in [-0.39, 0.29) is 18.5 Å². The Balaban J connectivity index is 1.93. The van der Waals surface area contributed by atoms with Gasteiger partial charge in [0, 0.05) is 16.7 Å². The molecule has 0 N–H and O–H groups in total. The number of benzene rings is 1. The van der Waals surface area contributed by atoms with Crippen molar-refractivity contribution in [2.75, 3.05) is 0 Å². The number of esters is 2. The molecular formula is C20H16O5. The number of carbonyl (C=O) groups excluding carboxylic acids is 2. The molecule has 1 unspecified atom stereocenters. The zero-order valence-corrected chi connectivity index (χ0v) is 13.9. The monoisotopic (exact) mass is 336 g/mol. The number of ether oxygens (including phenoxy) is 2. The second-order valence-corrected chi connectivity index (χ2v) is 5.99. The van der Waals surface area contributed by atoms with E-state index in [0.29, 0.717) is 11.1 Å². The van der Waals surface area contributed by atoms with Crippen LogP contribution in [0.5, 0.6) is 0 Å². The lowest BCUT2D eigenvalue weighted by Gasteiger charge is -2.14. The molecule has 25 heavy (non-hydrogen) atoms. The van der Waals surface area contributed by atoms with Crippen LogP contribution < -0.4 is 0 Å². The highest BCUT2D eigenvalue weighted by Gasteiger charge is 2.38. The summed E-state index contributed by atoms with van der Waals surface area (Å²) in [6.07, 6.45) is 4.36. The molecule has 0 bridgehead atoms. The third-order valence-corrected chi connectivity index (χ3v) is 4.68. The van der Waals surface area contributed by atoms with Gasteiger partial charge in [-0.3, -0.25) is 0 Å². The first kappa shape index (κ1) is 15.4. The standard InChI is InChI=1S/C20H16O5/c1-3-13-17(18(25-20(13)22)12-7-8-23-9-12)11(2)14-5-4-6-15-16(14)10-24-19(15)21/h3-9,18H,10H2,1-2H3. The van der Waals surface area contributed by atoms with E-state index in [1.807, 2.05) is 26.0 Å². The number of hydrogen-bond acceptors (Lipinski definition) is 5. The van der Waals surface area contributed by atoms with Gasteiger partial charge in [-0.15, -0.1) is 0 Å². The molecular weight excluding hydrogens is 320 g/mol. The van der Waals surface area contributed by atoms with E-state index in [2.05, 4.69) is 0 Å². The zero-order chi connectivity index (χ0) is 17.6. The van der Waals surface area contributed by atoms with Gasteiger partial charge in [0.05, 0.1) is 23.7 Å². The fraction of sp³-hybridized carbons (Fsp3) is 0.200. The maximum Gasteiger partial charge on any atom is 0.339 e. The number of allylic oxidation sites excluding steroid dienone is 2. The molecule has 3 heterocycles. The van der Waals surface area contributed by atoms with Gasteiger partial charge in [0.15, 0.2) is 6.10 Å². The van der Waals surface area contributed by atoms with E-state index in [0.717, 1.165) is 27.8 Å². The van der Waals surface area contributed by atoms with Crippen LogP contribution in [0, 0.1) is 0 Å². The Labute approximate surface area is 144 Å². The number of carbonyl (C=O) groups is 2. The van der Waals surface area contributed by atoms with Gasteiger partial charge in [-0.2, -0.15) is 0 Å². The van der Waals surface area contributed by atoms with Gasteiger partial charge in [-0.1, -0.05) is 18.2 Å². The van der Waals surface area contributed by atoms with Gasteiger partial charge >= 0.3 is 11.9 Å². The Morgan fingerprint density at radius 2 is 2.04 bits per heavy atom. The third kappa shape index (κ3) is 2.31. The third-order valence-electron chi connectivity index (χ3n) is 4.68. The molecule has 2 aliphatic rings. The Bertz CT molecular complexity index is 931. The van der Waals surface area contributed by atoms with Crippen LogP contribution in [0.3, 0.4) is 0 Å². The van der Waals surface area contributed by atoms with Crippen LogP contribution in [-0.4, -0.2) is 11.9 Å². The lowest BCUT2D eigenvalue weighted by atomic mass is 9.88. The summed E-state index contributed by atoms with van der Waals surface area (Å²) in [6, 6.07) is 7.30. The topological polar surface area (TPSA) is 65.7 Å². The van der Waals surface area contributed by atoms with Gasteiger partial charge in [0.1, 0.15) is 6.61 Å². The summed E-state index contributed by atoms with van der Waals surface area (Å²) >= 11 is 0. The van der Waals surface area contributed by atoms with E-state index in [9.17, 15) is 9.59 Å². The molecule has 1 fully saturated rings. The Morgan fingerprint density at radius 3 is 2.76 bits per heavy atom. The first-order valence-electron chi connectivity index (χ1n) is 8.01. The quantitative estimate of drug-likeness (QED) is 0.613. The second kappa shape index (κ2) is 5.77. The maximum atomic E-state index is 12.3. The first-order chi connectivity index (χ1) is 12.1. The van der Waals surface area contributed by atoms with E-state index in [1.54, 1.807) is 30.7 Å². The molecule has 5 nitrogen and oxygen atoms in total. The average molecular weight is 336 g/mol. The summed E-state index contributed by atoms with van der Waals surface area (Å²) in [5, 5.41) is 0. The van der Waals surface area contributed by atoms with Gasteiger partial charge in [0.25, 0.3) is 0 Å². The molecule has 1 atom stereocenters. The van der Waals surface area contributed by atoms with Gasteiger partial charge in [-0.25, -0.2) is 9.59 Å². The van der Waals surface area contributed by atoms with Crippen molar-refractivity contribution < 1.29 is 23.5 Å². The molecule has 0 spiro atoms. The van der Waals surface area contributed by atoms with Crippen LogP contribution in [-0.2, 0) is 20.9 Å². The highest BCUT2D eigenvalue weighted by Crippen LogP contribution is 2.44. The van der Waals surface area contributed by atoms with Crippen molar-refractivity contribution in [3.63, 3.8) is 0 Å². The highest BCUT2D eigenvalue weighted by molar-refractivity contribution is 6.02. The molecule has 2 aromatic rings. The number of hydrogen-bond donors (Lipinski definition) is 0. The molecule has 1 saturated heterocycles. The van der Waals surface area contributed by atoms with E-state index >= 15 is 0 Å². The van der Waals surface area contributed by atoms with Gasteiger partial charge in [-0.05, 0) is 37.1 Å². The van der Waals surface area contributed by atoms with Crippen LogP contribution in [0.15, 0.2) is 58.4 Å². The minimum Gasteiger partial charge on any atom is -0.472 e. The largest absolute Gasteiger partial charge is 0.472 e. The van der Waals surface area contributed by atoms with Crippen LogP contribution in [0.25, 0.3) is 5.57 Å². The highest BCUT2D eigenvalue weighted by atomic mass is 16.6. The number of fused-ring (bicyclic) bond motifs is 1. The van der Waals surface area contributed by atoms with Crippen molar-refractivity contribution in [2.45, 2.75) is 26.6 Å². The van der Waals surface area contributed by atoms with Crippen molar-refractivity contribution in [3.8, 4) is 0 Å². The summed E-state index contributed by atoms with van der Waals surface area (Å²) in [5.74, 6) is -0.672. The van der Waals surface area contributed by atoms with Gasteiger partial charge < -0.3 is 13.9 Å². The van der Waals surface area contributed by atoms with Gasteiger partial charge in [0.2, 0.25) is 0 Å². The molecule has 5 heteroatoms. The minimum atomic E-state index is -0.522. The van der Waals surface area contributed by atoms with Crippen LogP contribution >= 0.6 is 0 Å². The molecule has 2 aliphatic heterocycles. The van der Waals surface area contributed by atoms with Crippen LogP contribution in [0.1, 0.15) is 47.0 Å². The minimum absolute atomic E-state index is 0.241. The predicted octanol–water partition coefficient (Wildman–Crippen LogP) is 3.97. The molecule has 0 radical (unpaired) electrons. The number of cyclic esters (lactones) is 2. The van der Waals surface area contributed by atoms with Crippen molar-refractivity contribution in [1.29, 1.82) is 0 Å². The van der Waals surface area contributed by atoms with Crippen LogP contribution in [0.4, 0.5) is 0 Å². The Morgan fingerprint density at radius 1 is 1.20 bits per heavy atom. The summed E-state index contributed by atoms with van der Waals surface area (Å²) in [4.78, 5) is 24.2. The lowest BCUT2D eigenvalue weighted by molar-refractivity contribution is -0.138. The van der Waals surface area contributed by atoms with Crippen LogP contribution in [0.2, 0.25) is 0 Å². The fourth-order valence-corrected chi connectivity index (χ4v) is 3.46. The van der Waals surface area contributed by atoms with Crippen molar-refractivity contribution in [1.82, 2.24) is 0 Å². The van der Waals surface area contributed by atoms with Crippen molar-refractivity contribution in [2.24, 2.45) is 0 Å². The summed E-state index contributed by atoms with van der Waals surface area (Å²) in [5.41, 5.74) is 5.31. The van der Waals surface area contributed by atoms with E-state index in [4.69, 9.17) is 13.9 Å². The Kier molecular flexibility index (Phi) is 3.57. The normalized spacial score (nSPS) is 22.8. The summed E-state index contributed by atoms with van der Waals surface area (Å²) in [7, 11) is 0. The molecule has 0 aliphatic carbocycles. The lowest BCUT2D eigenvalue weighted by Crippen LogP contribution is -2.01. The molecule has 126 valence electrons. The molecule has 1 aromatic heterocycles. The molecule has 0 amide bonds. The smallest absolute Gasteiger partial charge is 0.339 e. The summed E-state index contributed by atoms with van der Waals surface area (Å²) < 4.78 is 15.9. The Hall–Kier alpha value is -3.08. The fourth-order valence-electron chi connectivity index (χ4n) is 3.46. The predicted molar refractivity (Wildman–Crippen MR) is 89.5 cm³/mol. The first-order valence-corrected chi connectivity index (χ1v) is 8.01. The second-order valence-electron chi connectivity index (χ2n) is 5.99. The van der Waals surface area contributed by atoms with E-state index < -0.39 is 6.10 Å². The number of rotatable bonds is 2. The molecule has 4 rings (SSSR count). The van der Waals surface area contributed by atoms with Crippen molar-refractivity contribution >= 4 is 17.5 Å². The van der Waals surface area contributed by atoms with Crippen molar-refractivity contribution in [3.05, 3.63) is 76.3 Å². The van der Waals surface area contributed by atoms with E-state index in [1.165, 1.54) is 0 Å². The molecule has 0 saturated carbocycles. The summed E-state index contributed by atoms with van der Waals surface area (Å²) in [6.45, 7) is 3.99. The SMILES string of the molecule is CC=C1C(=O)OC(c2ccoc2)C1=C(C)c1cccc2c1COC2=O.